The van der Waals surface area contributed by atoms with Crippen molar-refractivity contribution in [1.82, 2.24) is 0 Å². The highest BCUT2D eigenvalue weighted by molar-refractivity contribution is 5.87. The fraction of sp³-hybridized carbons (Fsp3) is 0.143. The van der Waals surface area contributed by atoms with Gasteiger partial charge in [0.1, 0.15) is 17.9 Å². The van der Waals surface area contributed by atoms with Crippen molar-refractivity contribution < 1.29 is 18.7 Å². The molecule has 0 N–H and O–H groups in total. The van der Waals surface area contributed by atoms with Crippen LogP contribution < -0.4 is 10.4 Å². The van der Waals surface area contributed by atoms with E-state index in [-0.39, 0.29) is 6.61 Å². The van der Waals surface area contributed by atoms with Crippen LogP contribution in [0.2, 0.25) is 0 Å². The van der Waals surface area contributed by atoms with E-state index in [1.807, 2.05) is 43.3 Å². The molecule has 0 spiro atoms. The third-order valence-electron chi connectivity index (χ3n) is 3.86. The highest BCUT2D eigenvalue weighted by Crippen LogP contribution is 2.19. The summed E-state index contributed by atoms with van der Waals surface area (Å²) in [6.07, 6.45) is 2.98. The van der Waals surface area contributed by atoms with E-state index in [0.717, 1.165) is 16.5 Å². The second-order valence-electron chi connectivity index (χ2n) is 5.81. The summed E-state index contributed by atoms with van der Waals surface area (Å²) in [5.41, 5.74) is 2.43. The Labute approximate surface area is 150 Å². The highest BCUT2D eigenvalue weighted by atomic mass is 16.5. The summed E-state index contributed by atoms with van der Waals surface area (Å²) < 4.78 is 15.6. The molecule has 0 aliphatic heterocycles. The van der Waals surface area contributed by atoms with Gasteiger partial charge in [0.2, 0.25) is 0 Å². The van der Waals surface area contributed by atoms with Crippen molar-refractivity contribution in [2.75, 3.05) is 7.11 Å². The number of hydrogen-bond acceptors (Lipinski definition) is 5. The van der Waals surface area contributed by atoms with Gasteiger partial charge in [-0.15, -0.1) is 0 Å². The summed E-state index contributed by atoms with van der Waals surface area (Å²) in [5, 5.41) is 0.750. The normalized spacial score (nSPS) is 11.0. The van der Waals surface area contributed by atoms with Crippen LogP contribution in [0.15, 0.2) is 63.8 Å². The van der Waals surface area contributed by atoms with E-state index >= 15 is 0 Å². The van der Waals surface area contributed by atoms with E-state index < -0.39 is 11.6 Å². The van der Waals surface area contributed by atoms with Crippen LogP contribution in [0.4, 0.5) is 0 Å². The van der Waals surface area contributed by atoms with Gasteiger partial charge in [-0.25, -0.2) is 9.59 Å². The SMILES string of the molecule is COc1cccc(C=CC(=O)OCc2cc(=O)oc3cc(C)ccc23)c1. The first-order valence-corrected chi connectivity index (χ1v) is 8.07. The molecule has 0 saturated carbocycles. The molecule has 0 radical (unpaired) electrons. The minimum absolute atomic E-state index is 0.00749. The third kappa shape index (κ3) is 4.19. The zero-order valence-electron chi connectivity index (χ0n) is 14.5. The second kappa shape index (κ2) is 7.70. The molecular weight excluding hydrogens is 332 g/mol. The first-order chi connectivity index (χ1) is 12.5. The largest absolute Gasteiger partial charge is 0.497 e. The minimum Gasteiger partial charge on any atom is -0.497 e. The summed E-state index contributed by atoms with van der Waals surface area (Å²) in [4.78, 5) is 23.7. The maximum atomic E-state index is 12.0. The van der Waals surface area contributed by atoms with Gasteiger partial charge in [-0.3, -0.25) is 0 Å². The summed E-state index contributed by atoms with van der Waals surface area (Å²) >= 11 is 0. The number of aryl methyl sites for hydroxylation is 1. The van der Waals surface area contributed by atoms with Crippen LogP contribution in [0.1, 0.15) is 16.7 Å². The van der Waals surface area contributed by atoms with Crippen molar-refractivity contribution in [3.8, 4) is 5.75 Å². The Hall–Kier alpha value is -3.34. The van der Waals surface area contributed by atoms with Crippen LogP contribution in [-0.4, -0.2) is 13.1 Å². The number of carbonyl (C=O) groups is 1. The minimum atomic E-state index is -0.499. The number of hydrogen-bond donors (Lipinski definition) is 0. The lowest BCUT2D eigenvalue weighted by Gasteiger charge is -2.06. The summed E-state index contributed by atoms with van der Waals surface area (Å²) in [5.74, 6) is 0.208. The van der Waals surface area contributed by atoms with Crippen molar-refractivity contribution >= 4 is 23.0 Å². The molecule has 0 aliphatic carbocycles. The van der Waals surface area contributed by atoms with Crippen LogP contribution in [0.5, 0.6) is 5.75 Å². The number of carbonyl (C=O) groups excluding carboxylic acids is 1. The molecule has 2 aromatic carbocycles. The lowest BCUT2D eigenvalue weighted by Crippen LogP contribution is -2.05. The van der Waals surface area contributed by atoms with Gasteiger partial charge >= 0.3 is 11.6 Å². The standard InChI is InChI=1S/C21H18O5/c1-14-6-8-18-16(12-21(23)26-19(18)10-14)13-25-20(22)9-7-15-4-3-5-17(11-15)24-2/h3-12H,13H2,1-2H3. The molecular formula is C21H18O5. The van der Waals surface area contributed by atoms with Gasteiger partial charge in [-0.2, -0.15) is 0 Å². The molecule has 5 nitrogen and oxygen atoms in total. The van der Waals surface area contributed by atoms with Gasteiger partial charge in [0.25, 0.3) is 0 Å². The zero-order valence-corrected chi connectivity index (χ0v) is 14.5. The van der Waals surface area contributed by atoms with Gasteiger partial charge in [0.05, 0.1) is 7.11 Å². The average Bonchev–Trinajstić information content (AvgIpc) is 2.64. The Balaban J connectivity index is 1.72. The van der Waals surface area contributed by atoms with Crippen LogP contribution in [0.25, 0.3) is 17.0 Å². The third-order valence-corrected chi connectivity index (χ3v) is 3.86. The molecule has 0 atom stereocenters. The van der Waals surface area contributed by atoms with Crippen LogP contribution in [0.3, 0.4) is 0 Å². The molecule has 0 amide bonds. The van der Waals surface area contributed by atoms with E-state index in [2.05, 4.69) is 0 Å². The Morgan fingerprint density at radius 1 is 1.15 bits per heavy atom. The molecule has 1 heterocycles. The van der Waals surface area contributed by atoms with Crippen LogP contribution in [-0.2, 0) is 16.1 Å². The fourth-order valence-corrected chi connectivity index (χ4v) is 2.56. The smallest absolute Gasteiger partial charge is 0.336 e. The van der Waals surface area contributed by atoms with Crippen molar-refractivity contribution in [2.24, 2.45) is 0 Å². The van der Waals surface area contributed by atoms with Gasteiger partial charge in [-0.05, 0) is 42.3 Å². The lowest BCUT2D eigenvalue weighted by atomic mass is 10.1. The summed E-state index contributed by atoms with van der Waals surface area (Å²) in [6.45, 7) is 1.90. The average molecular weight is 350 g/mol. The number of esters is 1. The molecule has 0 fully saturated rings. The summed E-state index contributed by atoms with van der Waals surface area (Å²) in [6, 6.07) is 14.2. The van der Waals surface area contributed by atoms with Gasteiger partial charge in [-0.1, -0.05) is 24.3 Å². The van der Waals surface area contributed by atoms with Crippen LogP contribution in [0, 0.1) is 6.92 Å². The van der Waals surface area contributed by atoms with Crippen LogP contribution >= 0.6 is 0 Å². The Bertz CT molecular complexity index is 1030. The lowest BCUT2D eigenvalue weighted by molar-refractivity contribution is -0.138. The first kappa shape index (κ1) is 17.5. The molecule has 26 heavy (non-hydrogen) atoms. The molecule has 0 saturated heterocycles. The van der Waals surface area contributed by atoms with Crippen molar-refractivity contribution in [3.63, 3.8) is 0 Å². The van der Waals surface area contributed by atoms with Crippen molar-refractivity contribution in [3.05, 3.63) is 81.7 Å². The number of fused-ring (bicyclic) bond motifs is 1. The predicted octanol–water partition coefficient (Wildman–Crippen LogP) is 3.87. The van der Waals surface area contributed by atoms with Gasteiger partial charge in [0.15, 0.2) is 0 Å². The summed E-state index contributed by atoms with van der Waals surface area (Å²) in [7, 11) is 1.58. The molecule has 5 heteroatoms. The van der Waals surface area contributed by atoms with E-state index in [1.54, 1.807) is 19.3 Å². The molecule has 0 unspecified atom stereocenters. The quantitative estimate of drug-likeness (QED) is 0.397. The molecule has 1 aromatic heterocycles. The maximum absolute atomic E-state index is 12.0. The molecule has 3 aromatic rings. The molecule has 0 bridgehead atoms. The first-order valence-electron chi connectivity index (χ1n) is 8.07. The van der Waals surface area contributed by atoms with E-state index in [9.17, 15) is 9.59 Å². The highest BCUT2D eigenvalue weighted by Gasteiger charge is 2.08. The van der Waals surface area contributed by atoms with E-state index in [4.69, 9.17) is 13.9 Å². The van der Waals surface area contributed by atoms with Crippen molar-refractivity contribution in [2.45, 2.75) is 13.5 Å². The van der Waals surface area contributed by atoms with Gasteiger partial charge < -0.3 is 13.9 Å². The maximum Gasteiger partial charge on any atom is 0.336 e. The Morgan fingerprint density at radius 3 is 2.81 bits per heavy atom. The van der Waals surface area contributed by atoms with Gasteiger partial charge in [0, 0.05) is 23.1 Å². The number of ether oxygens (including phenoxy) is 2. The van der Waals surface area contributed by atoms with Crippen molar-refractivity contribution in [1.29, 1.82) is 0 Å². The number of rotatable bonds is 5. The van der Waals surface area contributed by atoms with E-state index in [1.165, 1.54) is 12.1 Å². The predicted molar refractivity (Wildman–Crippen MR) is 99.0 cm³/mol. The number of benzene rings is 2. The zero-order chi connectivity index (χ0) is 18.5. The Morgan fingerprint density at radius 2 is 2.00 bits per heavy atom. The topological polar surface area (TPSA) is 65.7 Å². The monoisotopic (exact) mass is 350 g/mol. The molecule has 132 valence electrons. The fourth-order valence-electron chi connectivity index (χ4n) is 2.56. The van der Waals surface area contributed by atoms with E-state index in [0.29, 0.717) is 16.9 Å². The second-order valence-corrected chi connectivity index (χ2v) is 5.81. The molecule has 0 aliphatic rings. The Kier molecular flexibility index (Phi) is 5.17. The molecule has 3 rings (SSSR count). The number of methoxy groups -OCH3 is 1.